The minimum atomic E-state index is -0.198. The van der Waals surface area contributed by atoms with Crippen LogP contribution in [0.2, 0.25) is 0 Å². The van der Waals surface area contributed by atoms with Crippen molar-refractivity contribution in [1.82, 2.24) is 5.32 Å². The number of anilines is 1. The van der Waals surface area contributed by atoms with Crippen LogP contribution < -0.4 is 10.6 Å². The van der Waals surface area contributed by atoms with Gasteiger partial charge in [0.05, 0.1) is 0 Å². The Morgan fingerprint density at radius 2 is 1.46 bits per heavy atom. The lowest BCUT2D eigenvalue weighted by atomic mass is 9.81. The highest BCUT2D eigenvalue weighted by molar-refractivity contribution is 5.92. The second-order valence-electron chi connectivity index (χ2n) is 7.83. The summed E-state index contributed by atoms with van der Waals surface area (Å²) in [6.45, 7) is 8.09. The van der Waals surface area contributed by atoms with Crippen LogP contribution in [0.4, 0.5) is 5.69 Å². The summed E-state index contributed by atoms with van der Waals surface area (Å²) in [6, 6.07) is 8.00. The number of nitrogens with one attached hydrogen (secondary N) is 2. The summed E-state index contributed by atoms with van der Waals surface area (Å²) < 4.78 is 0. The Morgan fingerprint density at radius 3 is 1.92 bits per heavy atom. The molecule has 0 heterocycles. The van der Waals surface area contributed by atoms with E-state index in [1.165, 1.54) is 5.56 Å². The number of benzene rings is 1. The van der Waals surface area contributed by atoms with Crippen LogP contribution in [0.5, 0.6) is 0 Å². The van der Waals surface area contributed by atoms with Gasteiger partial charge in [0.25, 0.3) is 0 Å². The fraction of sp³-hybridized carbons (Fsp3) is 0.600. The molecule has 1 saturated carbocycles. The van der Waals surface area contributed by atoms with Gasteiger partial charge in [-0.1, -0.05) is 19.1 Å². The van der Waals surface area contributed by atoms with Crippen LogP contribution in [0.1, 0.15) is 58.9 Å². The van der Waals surface area contributed by atoms with E-state index in [2.05, 4.69) is 17.6 Å². The Bertz CT molecular complexity index is 564. The molecule has 2 rings (SSSR count). The minimum Gasteiger partial charge on any atom is -0.351 e. The molecular formula is C20H30N2O2. The van der Waals surface area contributed by atoms with E-state index in [9.17, 15) is 9.59 Å². The van der Waals surface area contributed by atoms with Crippen LogP contribution in [0.15, 0.2) is 24.3 Å². The van der Waals surface area contributed by atoms with Gasteiger partial charge in [-0.05, 0) is 70.6 Å². The Hall–Kier alpha value is -1.84. The molecule has 1 aliphatic rings. The molecule has 0 aliphatic heterocycles. The lowest BCUT2D eigenvalue weighted by Crippen LogP contribution is -2.45. The van der Waals surface area contributed by atoms with Gasteiger partial charge in [-0.2, -0.15) is 0 Å². The van der Waals surface area contributed by atoms with Crippen LogP contribution >= 0.6 is 0 Å². The summed E-state index contributed by atoms with van der Waals surface area (Å²) >= 11 is 0. The molecule has 0 unspecified atom stereocenters. The van der Waals surface area contributed by atoms with Crippen molar-refractivity contribution in [2.24, 2.45) is 11.8 Å². The first-order valence-electron chi connectivity index (χ1n) is 9.00. The average molecular weight is 330 g/mol. The molecule has 0 aromatic heterocycles. The monoisotopic (exact) mass is 330 g/mol. The molecule has 1 aliphatic carbocycles. The first-order chi connectivity index (χ1) is 11.3. The molecule has 132 valence electrons. The van der Waals surface area contributed by atoms with E-state index in [0.29, 0.717) is 0 Å². The number of amides is 2. The first kappa shape index (κ1) is 18.5. The third kappa shape index (κ3) is 5.36. The van der Waals surface area contributed by atoms with Crippen LogP contribution in [0.25, 0.3) is 0 Å². The molecule has 2 N–H and O–H groups in total. The number of carbonyl (C=O) groups is 2. The fourth-order valence-electron chi connectivity index (χ4n) is 3.16. The maximum Gasteiger partial charge on any atom is 0.227 e. The molecule has 4 nitrogen and oxygen atoms in total. The zero-order valence-electron chi connectivity index (χ0n) is 15.3. The van der Waals surface area contributed by atoms with Gasteiger partial charge in [-0.3, -0.25) is 9.59 Å². The van der Waals surface area contributed by atoms with Gasteiger partial charge in [0.15, 0.2) is 0 Å². The number of aryl methyl sites for hydroxylation is 1. The average Bonchev–Trinajstić information content (AvgIpc) is 2.54. The highest BCUT2D eigenvalue weighted by Crippen LogP contribution is 2.30. The topological polar surface area (TPSA) is 58.2 Å². The van der Waals surface area contributed by atoms with Gasteiger partial charge >= 0.3 is 0 Å². The second kappa shape index (κ2) is 7.82. The standard InChI is InChI=1S/C20H30N2O2/c1-5-14-6-12-17(13-7-14)21-18(23)15-8-10-16(11-9-15)19(24)22-20(2,3)4/h6-7,12-13,15-16H,5,8-11H2,1-4H3,(H,21,23)(H,22,24). The molecule has 0 spiro atoms. The molecule has 0 atom stereocenters. The van der Waals surface area contributed by atoms with E-state index in [-0.39, 0.29) is 29.2 Å². The molecule has 1 fully saturated rings. The van der Waals surface area contributed by atoms with Gasteiger partial charge < -0.3 is 10.6 Å². The van der Waals surface area contributed by atoms with Gasteiger partial charge in [0.2, 0.25) is 11.8 Å². The summed E-state index contributed by atoms with van der Waals surface area (Å²) in [5.41, 5.74) is 1.92. The Morgan fingerprint density at radius 1 is 0.958 bits per heavy atom. The van der Waals surface area contributed by atoms with Crippen molar-refractivity contribution in [3.05, 3.63) is 29.8 Å². The quantitative estimate of drug-likeness (QED) is 0.879. The molecule has 2 amide bonds. The molecule has 24 heavy (non-hydrogen) atoms. The molecule has 1 aromatic rings. The van der Waals surface area contributed by atoms with E-state index in [1.807, 2.05) is 45.0 Å². The number of hydrogen-bond acceptors (Lipinski definition) is 2. The predicted molar refractivity (Wildman–Crippen MR) is 97.8 cm³/mol. The first-order valence-corrected chi connectivity index (χ1v) is 9.00. The zero-order valence-corrected chi connectivity index (χ0v) is 15.3. The fourth-order valence-corrected chi connectivity index (χ4v) is 3.16. The molecule has 4 heteroatoms. The van der Waals surface area contributed by atoms with E-state index in [4.69, 9.17) is 0 Å². The SMILES string of the molecule is CCc1ccc(NC(=O)C2CCC(C(=O)NC(C)(C)C)CC2)cc1. The van der Waals surface area contributed by atoms with Crippen molar-refractivity contribution in [3.63, 3.8) is 0 Å². The molecular weight excluding hydrogens is 300 g/mol. The molecule has 0 radical (unpaired) electrons. The van der Waals surface area contributed by atoms with Gasteiger partial charge in [-0.25, -0.2) is 0 Å². The van der Waals surface area contributed by atoms with E-state index >= 15 is 0 Å². The van der Waals surface area contributed by atoms with Crippen molar-refractivity contribution in [2.75, 3.05) is 5.32 Å². The van der Waals surface area contributed by atoms with Gasteiger partial charge in [-0.15, -0.1) is 0 Å². The summed E-state index contributed by atoms with van der Waals surface area (Å²) in [7, 11) is 0. The second-order valence-corrected chi connectivity index (χ2v) is 7.83. The molecule has 0 bridgehead atoms. The smallest absolute Gasteiger partial charge is 0.227 e. The van der Waals surface area contributed by atoms with Crippen molar-refractivity contribution >= 4 is 17.5 Å². The zero-order chi connectivity index (χ0) is 17.7. The van der Waals surface area contributed by atoms with Crippen LogP contribution in [0.3, 0.4) is 0 Å². The maximum atomic E-state index is 12.4. The number of hydrogen-bond donors (Lipinski definition) is 2. The van der Waals surface area contributed by atoms with Crippen molar-refractivity contribution < 1.29 is 9.59 Å². The van der Waals surface area contributed by atoms with E-state index < -0.39 is 0 Å². The highest BCUT2D eigenvalue weighted by Gasteiger charge is 2.31. The van der Waals surface area contributed by atoms with Crippen LogP contribution in [-0.4, -0.2) is 17.4 Å². The predicted octanol–water partition coefficient (Wildman–Crippen LogP) is 3.91. The van der Waals surface area contributed by atoms with E-state index in [1.54, 1.807) is 0 Å². The summed E-state index contributed by atoms with van der Waals surface area (Å²) in [4.78, 5) is 24.6. The summed E-state index contributed by atoms with van der Waals surface area (Å²) in [5.74, 6) is 0.247. The lowest BCUT2D eigenvalue weighted by Gasteiger charge is -2.30. The van der Waals surface area contributed by atoms with Gasteiger partial charge in [0, 0.05) is 23.1 Å². The third-order valence-corrected chi connectivity index (χ3v) is 4.60. The lowest BCUT2D eigenvalue weighted by molar-refractivity contribution is -0.129. The Labute approximate surface area is 145 Å². The van der Waals surface area contributed by atoms with Crippen molar-refractivity contribution in [3.8, 4) is 0 Å². The van der Waals surface area contributed by atoms with Crippen molar-refractivity contribution in [2.45, 2.75) is 65.3 Å². The third-order valence-electron chi connectivity index (χ3n) is 4.60. The largest absolute Gasteiger partial charge is 0.351 e. The number of carbonyl (C=O) groups excluding carboxylic acids is 2. The Balaban J connectivity index is 1.82. The van der Waals surface area contributed by atoms with Crippen LogP contribution in [0, 0.1) is 11.8 Å². The van der Waals surface area contributed by atoms with E-state index in [0.717, 1.165) is 37.8 Å². The maximum absolute atomic E-state index is 12.4. The molecule has 1 aromatic carbocycles. The van der Waals surface area contributed by atoms with Crippen LogP contribution in [-0.2, 0) is 16.0 Å². The molecule has 0 saturated heterocycles. The summed E-state index contributed by atoms with van der Waals surface area (Å²) in [5, 5.41) is 6.05. The Kier molecular flexibility index (Phi) is 6.03. The normalized spacial score (nSPS) is 21.2. The highest BCUT2D eigenvalue weighted by atomic mass is 16.2. The minimum absolute atomic E-state index is 0.00883. The number of rotatable bonds is 4. The summed E-state index contributed by atoms with van der Waals surface area (Å²) in [6.07, 6.45) is 4.13. The van der Waals surface area contributed by atoms with Gasteiger partial charge in [0.1, 0.15) is 0 Å². The van der Waals surface area contributed by atoms with Crippen molar-refractivity contribution in [1.29, 1.82) is 0 Å².